The number of piperidine rings is 1. The van der Waals surface area contributed by atoms with E-state index in [-0.39, 0.29) is 5.92 Å². The first-order valence-corrected chi connectivity index (χ1v) is 10.7. The van der Waals surface area contributed by atoms with Crippen LogP contribution in [0.2, 0.25) is 0 Å². The van der Waals surface area contributed by atoms with Crippen LogP contribution in [-0.2, 0) is 10.0 Å². The van der Waals surface area contributed by atoms with Crippen molar-refractivity contribution < 1.29 is 13.2 Å². The molecule has 0 amide bonds. The molecule has 3 aromatic rings. The number of ether oxygens (including phenoxy) is 1. The number of pyridine rings is 1. The van der Waals surface area contributed by atoms with Crippen LogP contribution in [0.15, 0.2) is 47.5 Å². The molecule has 4 rings (SSSR count). The predicted octanol–water partition coefficient (Wildman–Crippen LogP) is 2.91. The molecule has 2 aromatic heterocycles. The molecule has 8 heteroatoms. The summed E-state index contributed by atoms with van der Waals surface area (Å²) >= 11 is 0. The monoisotopic (exact) mass is 398 g/mol. The van der Waals surface area contributed by atoms with Crippen molar-refractivity contribution in [1.82, 2.24) is 19.3 Å². The van der Waals surface area contributed by atoms with Crippen LogP contribution in [0.4, 0.5) is 0 Å². The van der Waals surface area contributed by atoms with Gasteiger partial charge in [-0.05, 0) is 56.2 Å². The molecule has 1 aliphatic heterocycles. The van der Waals surface area contributed by atoms with E-state index < -0.39 is 10.0 Å². The lowest BCUT2D eigenvalue weighted by molar-refractivity contribution is 0.317. The van der Waals surface area contributed by atoms with Gasteiger partial charge < -0.3 is 4.74 Å². The summed E-state index contributed by atoms with van der Waals surface area (Å²) in [4.78, 5) is 13.7. The van der Waals surface area contributed by atoms with E-state index in [1.807, 2.05) is 19.1 Å². The van der Waals surface area contributed by atoms with Gasteiger partial charge >= 0.3 is 0 Å². The summed E-state index contributed by atoms with van der Waals surface area (Å²) in [6.45, 7) is 2.79. The zero-order chi connectivity index (χ0) is 19.7. The Bertz CT molecular complexity index is 1090. The van der Waals surface area contributed by atoms with Gasteiger partial charge in [0, 0.05) is 30.6 Å². The first-order valence-electron chi connectivity index (χ1n) is 9.22. The van der Waals surface area contributed by atoms with Gasteiger partial charge in [0.05, 0.1) is 17.7 Å². The molecule has 0 saturated carbocycles. The quantitative estimate of drug-likeness (QED) is 0.672. The summed E-state index contributed by atoms with van der Waals surface area (Å²) in [5.74, 6) is 1.52. The van der Waals surface area contributed by atoms with E-state index in [1.54, 1.807) is 41.9 Å². The number of aryl methyl sites for hydroxylation is 1. The van der Waals surface area contributed by atoms with Gasteiger partial charge in [0.25, 0.3) is 0 Å². The van der Waals surface area contributed by atoms with Crippen molar-refractivity contribution in [2.75, 3.05) is 20.2 Å². The fraction of sp³-hybridized carbons (Fsp3) is 0.350. The van der Waals surface area contributed by atoms with Crippen molar-refractivity contribution in [3.63, 3.8) is 0 Å². The van der Waals surface area contributed by atoms with E-state index in [9.17, 15) is 8.42 Å². The highest BCUT2D eigenvalue weighted by Gasteiger charge is 2.31. The van der Waals surface area contributed by atoms with E-state index in [2.05, 4.69) is 15.0 Å². The second-order valence-electron chi connectivity index (χ2n) is 6.88. The van der Waals surface area contributed by atoms with Crippen LogP contribution >= 0.6 is 0 Å². The Hall–Kier alpha value is -2.58. The maximum absolute atomic E-state index is 12.9. The fourth-order valence-electron chi connectivity index (χ4n) is 3.68. The van der Waals surface area contributed by atoms with Gasteiger partial charge in [-0.15, -0.1) is 0 Å². The van der Waals surface area contributed by atoms with Crippen LogP contribution in [0.1, 0.15) is 30.3 Å². The van der Waals surface area contributed by atoms with Crippen molar-refractivity contribution in [3.8, 4) is 5.75 Å². The maximum atomic E-state index is 12.9. The molecule has 3 heterocycles. The summed E-state index contributed by atoms with van der Waals surface area (Å²) in [7, 11) is -1.95. The summed E-state index contributed by atoms with van der Waals surface area (Å²) in [5, 5.41) is 0.949. The Morgan fingerprint density at radius 2 is 1.79 bits per heavy atom. The number of methoxy groups -OCH3 is 1. The lowest BCUT2D eigenvalue weighted by Crippen LogP contribution is -2.38. The number of hydrogen-bond acceptors (Lipinski definition) is 6. The second-order valence-corrected chi connectivity index (χ2v) is 8.82. The van der Waals surface area contributed by atoms with E-state index in [1.165, 1.54) is 0 Å². The fourth-order valence-corrected chi connectivity index (χ4v) is 5.15. The molecule has 0 radical (unpaired) electrons. The standard InChI is InChI=1S/C20H22N4O3S/c1-14-22-19(18-4-3-11-21-20(18)23-14)15-9-12-24(13-10-15)28(25,26)17-7-5-16(27-2)6-8-17/h3-8,11,15H,9-10,12-13H2,1-2H3. The number of rotatable bonds is 4. The minimum absolute atomic E-state index is 0.190. The van der Waals surface area contributed by atoms with Crippen molar-refractivity contribution in [2.45, 2.75) is 30.6 Å². The van der Waals surface area contributed by atoms with Crippen LogP contribution in [0.5, 0.6) is 5.75 Å². The Kier molecular flexibility index (Phi) is 4.99. The number of nitrogens with zero attached hydrogens (tertiary/aromatic N) is 4. The summed E-state index contributed by atoms with van der Waals surface area (Å²) < 4.78 is 32.6. The molecular formula is C20H22N4O3S. The Morgan fingerprint density at radius 3 is 2.46 bits per heavy atom. The molecule has 146 valence electrons. The van der Waals surface area contributed by atoms with E-state index in [0.717, 1.165) is 23.9 Å². The minimum Gasteiger partial charge on any atom is -0.497 e. The van der Waals surface area contributed by atoms with Gasteiger partial charge in [-0.25, -0.2) is 23.4 Å². The van der Waals surface area contributed by atoms with E-state index in [0.29, 0.717) is 35.2 Å². The molecule has 1 aliphatic rings. The Morgan fingerprint density at radius 1 is 1.07 bits per heavy atom. The van der Waals surface area contributed by atoms with Crippen molar-refractivity contribution in [3.05, 3.63) is 54.1 Å². The number of aromatic nitrogens is 3. The maximum Gasteiger partial charge on any atom is 0.243 e. The van der Waals surface area contributed by atoms with Crippen LogP contribution < -0.4 is 4.74 Å². The van der Waals surface area contributed by atoms with E-state index >= 15 is 0 Å². The van der Waals surface area contributed by atoms with Crippen LogP contribution in [0.3, 0.4) is 0 Å². The Balaban J connectivity index is 1.55. The van der Waals surface area contributed by atoms with Gasteiger partial charge in [0.2, 0.25) is 10.0 Å². The molecule has 1 fully saturated rings. The highest BCUT2D eigenvalue weighted by atomic mass is 32.2. The molecule has 28 heavy (non-hydrogen) atoms. The topological polar surface area (TPSA) is 85.3 Å². The molecule has 0 bridgehead atoms. The zero-order valence-corrected chi connectivity index (χ0v) is 16.7. The molecule has 0 spiro atoms. The van der Waals surface area contributed by atoms with Gasteiger partial charge in [-0.2, -0.15) is 4.31 Å². The highest BCUT2D eigenvalue weighted by molar-refractivity contribution is 7.89. The Labute approximate surface area is 164 Å². The van der Waals surface area contributed by atoms with Crippen molar-refractivity contribution in [1.29, 1.82) is 0 Å². The van der Waals surface area contributed by atoms with E-state index in [4.69, 9.17) is 4.74 Å². The molecule has 1 saturated heterocycles. The average Bonchev–Trinajstić information content (AvgIpc) is 2.73. The second kappa shape index (κ2) is 7.44. The average molecular weight is 398 g/mol. The molecule has 7 nitrogen and oxygen atoms in total. The molecular weight excluding hydrogens is 376 g/mol. The van der Waals surface area contributed by atoms with Gasteiger partial charge in [-0.3, -0.25) is 0 Å². The van der Waals surface area contributed by atoms with Crippen LogP contribution in [0, 0.1) is 6.92 Å². The van der Waals surface area contributed by atoms with Crippen molar-refractivity contribution in [2.24, 2.45) is 0 Å². The number of hydrogen-bond donors (Lipinski definition) is 0. The molecule has 1 aromatic carbocycles. The summed E-state index contributed by atoms with van der Waals surface area (Å²) in [6, 6.07) is 10.4. The van der Waals surface area contributed by atoms with Gasteiger partial charge in [0.1, 0.15) is 11.6 Å². The zero-order valence-electron chi connectivity index (χ0n) is 15.9. The van der Waals surface area contributed by atoms with Crippen LogP contribution in [0.25, 0.3) is 11.0 Å². The van der Waals surface area contributed by atoms with Crippen molar-refractivity contribution >= 4 is 21.1 Å². The number of sulfonamides is 1. The molecule has 0 unspecified atom stereocenters. The third-order valence-corrected chi connectivity index (χ3v) is 7.06. The lowest BCUT2D eigenvalue weighted by Gasteiger charge is -2.31. The smallest absolute Gasteiger partial charge is 0.243 e. The SMILES string of the molecule is COc1ccc(S(=O)(=O)N2CCC(c3nc(C)nc4ncccc34)CC2)cc1. The normalized spacial score (nSPS) is 16.4. The number of fused-ring (bicyclic) bond motifs is 1. The first kappa shape index (κ1) is 18.8. The molecule has 0 atom stereocenters. The summed E-state index contributed by atoms with van der Waals surface area (Å²) in [5.41, 5.74) is 1.66. The number of benzene rings is 1. The third-order valence-electron chi connectivity index (χ3n) is 5.15. The third kappa shape index (κ3) is 3.45. The highest BCUT2D eigenvalue weighted by Crippen LogP contribution is 2.33. The predicted molar refractivity (Wildman–Crippen MR) is 106 cm³/mol. The summed E-state index contributed by atoms with van der Waals surface area (Å²) in [6.07, 6.45) is 3.16. The van der Waals surface area contributed by atoms with Crippen LogP contribution in [-0.4, -0.2) is 47.9 Å². The van der Waals surface area contributed by atoms with Gasteiger partial charge in [-0.1, -0.05) is 0 Å². The minimum atomic E-state index is -3.51. The first-order chi connectivity index (χ1) is 13.5. The lowest BCUT2D eigenvalue weighted by atomic mass is 9.92. The largest absolute Gasteiger partial charge is 0.497 e. The molecule has 0 aliphatic carbocycles. The van der Waals surface area contributed by atoms with Gasteiger partial charge in [0.15, 0.2) is 5.65 Å². The molecule has 0 N–H and O–H groups in total.